The van der Waals surface area contributed by atoms with Gasteiger partial charge in [-0.25, -0.2) is 0 Å². The van der Waals surface area contributed by atoms with Gasteiger partial charge in [-0.2, -0.15) is 0 Å². The molecule has 21 heavy (non-hydrogen) atoms. The van der Waals surface area contributed by atoms with Crippen LogP contribution in [0.25, 0.3) is 11.3 Å². The highest BCUT2D eigenvalue weighted by Crippen LogP contribution is 2.19. The van der Waals surface area contributed by atoms with E-state index in [1.165, 1.54) is 0 Å². The van der Waals surface area contributed by atoms with Gasteiger partial charge in [-0.3, -0.25) is 4.79 Å². The van der Waals surface area contributed by atoms with Crippen molar-refractivity contribution in [1.82, 2.24) is 15.4 Å². The predicted octanol–water partition coefficient (Wildman–Crippen LogP) is 2.41. The largest absolute Gasteiger partial charge is 0.355 e. The van der Waals surface area contributed by atoms with E-state index in [9.17, 15) is 4.79 Å². The number of nitrogens with zero attached hydrogens (tertiary/aromatic N) is 2. The second kappa shape index (κ2) is 6.10. The van der Waals surface area contributed by atoms with Crippen LogP contribution in [0.5, 0.6) is 0 Å². The zero-order chi connectivity index (χ0) is 15.5. The van der Waals surface area contributed by atoms with Crippen LogP contribution in [0.4, 0.5) is 0 Å². The summed E-state index contributed by atoms with van der Waals surface area (Å²) < 4.78 is 5.23. The van der Waals surface area contributed by atoms with Crippen LogP contribution in [0.1, 0.15) is 24.3 Å². The lowest BCUT2D eigenvalue weighted by Gasteiger charge is -2.32. The predicted molar refractivity (Wildman–Crippen MR) is 82.0 cm³/mol. The molecule has 0 atom stereocenters. The molecule has 0 saturated carbocycles. The van der Waals surface area contributed by atoms with E-state index in [0.29, 0.717) is 18.0 Å². The summed E-state index contributed by atoms with van der Waals surface area (Å²) >= 11 is 0. The van der Waals surface area contributed by atoms with Crippen molar-refractivity contribution >= 4 is 5.91 Å². The average Bonchev–Trinajstić information content (AvgIpc) is 2.95. The minimum absolute atomic E-state index is 0.123. The molecule has 0 bridgehead atoms. The highest BCUT2D eigenvalue weighted by Gasteiger charge is 2.22. The van der Waals surface area contributed by atoms with Gasteiger partial charge in [0.25, 0.3) is 5.91 Å². The summed E-state index contributed by atoms with van der Waals surface area (Å²) in [5, 5.41) is 6.72. The van der Waals surface area contributed by atoms with Gasteiger partial charge in [0.05, 0.1) is 0 Å². The summed E-state index contributed by atoms with van der Waals surface area (Å²) in [5.41, 5.74) is 1.07. The van der Waals surface area contributed by atoms with Gasteiger partial charge in [0.2, 0.25) is 0 Å². The molecule has 0 spiro atoms. The molecule has 0 fully saturated rings. The number of rotatable bonds is 5. The monoisotopic (exact) mass is 287 g/mol. The Morgan fingerprint density at radius 1 is 1.29 bits per heavy atom. The summed E-state index contributed by atoms with van der Waals surface area (Å²) in [7, 11) is 3.96. The molecule has 0 radical (unpaired) electrons. The fraction of sp³-hybridized carbons (Fsp3) is 0.375. The maximum atomic E-state index is 12.1. The molecule has 1 heterocycles. The van der Waals surface area contributed by atoms with Crippen molar-refractivity contribution < 1.29 is 9.32 Å². The van der Waals surface area contributed by atoms with Crippen molar-refractivity contribution in [3.63, 3.8) is 0 Å². The quantitative estimate of drug-likeness (QED) is 0.917. The first-order chi connectivity index (χ1) is 9.90. The van der Waals surface area contributed by atoms with Gasteiger partial charge in [-0.15, -0.1) is 0 Å². The van der Waals surface area contributed by atoms with Gasteiger partial charge in [-0.05, 0) is 27.9 Å². The van der Waals surface area contributed by atoms with Crippen molar-refractivity contribution in [1.29, 1.82) is 0 Å². The minimum atomic E-state index is -0.226. The van der Waals surface area contributed by atoms with Gasteiger partial charge in [0.15, 0.2) is 11.5 Å². The van der Waals surface area contributed by atoms with Crippen LogP contribution in [0, 0.1) is 0 Å². The van der Waals surface area contributed by atoms with Crippen molar-refractivity contribution in [3.8, 4) is 11.3 Å². The van der Waals surface area contributed by atoms with E-state index in [1.54, 1.807) is 6.07 Å². The number of aromatic nitrogens is 1. The topological polar surface area (TPSA) is 58.4 Å². The van der Waals surface area contributed by atoms with Crippen LogP contribution < -0.4 is 5.32 Å². The minimum Gasteiger partial charge on any atom is -0.355 e. The number of carbonyl (C=O) groups is 1. The molecular weight excluding hydrogens is 266 g/mol. The SMILES string of the molecule is CN(C)C(C)(C)CNC(=O)c1cc(-c2ccccc2)on1. The molecule has 1 amide bonds. The number of amides is 1. The van der Waals surface area contributed by atoms with Crippen molar-refractivity contribution in [3.05, 3.63) is 42.1 Å². The lowest BCUT2D eigenvalue weighted by Crippen LogP contribution is -2.48. The molecule has 1 aromatic carbocycles. The Bertz CT molecular complexity index is 603. The second-order valence-electron chi connectivity index (χ2n) is 5.83. The van der Waals surface area contributed by atoms with E-state index < -0.39 is 0 Å². The first kappa shape index (κ1) is 15.3. The lowest BCUT2D eigenvalue weighted by atomic mass is 10.0. The van der Waals surface area contributed by atoms with Crippen LogP contribution in [-0.4, -0.2) is 42.1 Å². The Balaban J connectivity index is 2.03. The molecule has 0 aliphatic carbocycles. The Morgan fingerprint density at radius 2 is 1.95 bits per heavy atom. The van der Waals surface area contributed by atoms with E-state index in [0.717, 1.165) is 5.56 Å². The third-order valence-corrected chi connectivity index (χ3v) is 3.69. The third kappa shape index (κ3) is 3.70. The smallest absolute Gasteiger partial charge is 0.273 e. The molecule has 0 aliphatic rings. The lowest BCUT2D eigenvalue weighted by molar-refractivity contribution is 0.0911. The van der Waals surface area contributed by atoms with E-state index >= 15 is 0 Å². The van der Waals surface area contributed by atoms with E-state index in [1.807, 2.05) is 44.4 Å². The summed E-state index contributed by atoms with van der Waals surface area (Å²) in [5.74, 6) is 0.364. The van der Waals surface area contributed by atoms with Crippen LogP contribution in [0.15, 0.2) is 40.9 Å². The number of benzene rings is 1. The zero-order valence-corrected chi connectivity index (χ0v) is 12.9. The van der Waals surface area contributed by atoms with Gasteiger partial charge in [-0.1, -0.05) is 35.5 Å². The fourth-order valence-electron chi connectivity index (χ4n) is 1.67. The standard InChI is InChI=1S/C16H21N3O2/c1-16(2,19(3)4)11-17-15(20)13-10-14(21-18-13)12-8-6-5-7-9-12/h5-10H,11H2,1-4H3,(H,17,20). The molecular formula is C16H21N3O2. The number of hydrogen-bond donors (Lipinski definition) is 1. The van der Waals surface area contributed by atoms with E-state index in [-0.39, 0.29) is 11.4 Å². The van der Waals surface area contributed by atoms with E-state index in [4.69, 9.17) is 4.52 Å². The van der Waals surface area contributed by atoms with Crippen molar-refractivity contribution in [2.75, 3.05) is 20.6 Å². The molecule has 112 valence electrons. The molecule has 0 saturated heterocycles. The van der Waals surface area contributed by atoms with Gasteiger partial charge >= 0.3 is 0 Å². The normalized spacial score (nSPS) is 11.7. The maximum absolute atomic E-state index is 12.1. The Kier molecular flexibility index (Phi) is 4.43. The first-order valence-electron chi connectivity index (χ1n) is 6.88. The van der Waals surface area contributed by atoms with Crippen LogP contribution in [-0.2, 0) is 0 Å². The molecule has 1 N–H and O–H groups in total. The van der Waals surface area contributed by atoms with Crippen LogP contribution in [0.3, 0.4) is 0 Å². The van der Waals surface area contributed by atoms with Gasteiger partial charge in [0.1, 0.15) is 0 Å². The molecule has 0 aliphatic heterocycles. The Labute approximate surface area is 124 Å². The maximum Gasteiger partial charge on any atom is 0.273 e. The molecule has 5 heteroatoms. The van der Waals surface area contributed by atoms with Crippen LogP contribution >= 0.6 is 0 Å². The second-order valence-corrected chi connectivity index (χ2v) is 5.83. The molecule has 0 unspecified atom stereocenters. The number of likely N-dealkylation sites (N-methyl/N-ethyl adjacent to an activating group) is 1. The van der Waals surface area contributed by atoms with E-state index in [2.05, 4.69) is 29.2 Å². The molecule has 1 aromatic heterocycles. The summed E-state index contributed by atoms with van der Waals surface area (Å²) in [4.78, 5) is 14.2. The van der Waals surface area contributed by atoms with Crippen molar-refractivity contribution in [2.24, 2.45) is 0 Å². The zero-order valence-electron chi connectivity index (χ0n) is 12.9. The highest BCUT2D eigenvalue weighted by atomic mass is 16.5. The fourth-order valence-corrected chi connectivity index (χ4v) is 1.67. The van der Waals surface area contributed by atoms with Crippen molar-refractivity contribution in [2.45, 2.75) is 19.4 Å². The molecule has 2 aromatic rings. The van der Waals surface area contributed by atoms with Crippen LogP contribution in [0.2, 0.25) is 0 Å². The summed E-state index contributed by atoms with van der Waals surface area (Å²) in [6.45, 7) is 4.66. The van der Waals surface area contributed by atoms with Gasteiger partial charge < -0.3 is 14.7 Å². The number of nitrogens with one attached hydrogen (secondary N) is 1. The highest BCUT2D eigenvalue weighted by molar-refractivity contribution is 5.93. The number of hydrogen-bond acceptors (Lipinski definition) is 4. The third-order valence-electron chi connectivity index (χ3n) is 3.69. The van der Waals surface area contributed by atoms with Gasteiger partial charge in [0, 0.05) is 23.7 Å². The number of carbonyl (C=O) groups excluding carboxylic acids is 1. The Morgan fingerprint density at radius 3 is 2.57 bits per heavy atom. The first-order valence-corrected chi connectivity index (χ1v) is 6.88. The Hall–Kier alpha value is -2.14. The summed E-state index contributed by atoms with van der Waals surface area (Å²) in [6.07, 6.45) is 0. The molecule has 5 nitrogen and oxygen atoms in total. The molecule has 2 rings (SSSR count). The summed E-state index contributed by atoms with van der Waals surface area (Å²) in [6, 6.07) is 11.2. The average molecular weight is 287 g/mol.